The third-order valence-electron chi connectivity index (χ3n) is 6.62. The summed E-state index contributed by atoms with van der Waals surface area (Å²) in [5.74, 6) is -3.15. The Bertz CT molecular complexity index is 1580. The van der Waals surface area contributed by atoms with Gasteiger partial charge in [0, 0.05) is 19.3 Å². The normalized spacial score (nSPS) is 17.8. The Morgan fingerprint density at radius 1 is 1.02 bits per heavy atom. The first-order valence-corrected chi connectivity index (χ1v) is 13.1. The van der Waals surface area contributed by atoms with Crippen LogP contribution in [-0.2, 0) is 4.74 Å². The van der Waals surface area contributed by atoms with Crippen molar-refractivity contribution in [2.45, 2.75) is 45.0 Å². The average Bonchev–Trinajstić information content (AvgIpc) is 3.29. The molecule has 42 heavy (non-hydrogen) atoms. The summed E-state index contributed by atoms with van der Waals surface area (Å²) in [6, 6.07) is 7.23. The lowest BCUT2D eigenvalue weighted by atomic mass is 9.93. The zero-order valence-electron chi connectivity index (χ0n) is 22.9. The maximum atomic E-state index is 14.4. The second-order valence-corrected chi connectivity index (χ2v) is 11.0. The number of anilines is 3. The third-order valence-corrected chi connectivity index (χ3v) is 6.62. The van der Waals surface area contributed by atoms with Gasteiger partial charge in [0.1, 0.15) is 17.2 Å². The molecule has 0 bridgehead atoms. The largest absolute Gasteiger partial charge is 0.444 e. The van der Waals surface area contributed by atoms with Gasteiger partial charge in [-0.25, -0.2) is 18.6 Å². The number of carbonyl (C=O) groups excluding carboxylic acids is 1. The van der Waals surface area contributed by atoms with Crippen LogP contribution < -0.4 is 15.5 Å². The molecule has 1 saturated heterocycles. The standard InChI is InChI=1S/C28H28F5N7O2/c1-27(2,3)42-26(41)36-17-11-16(28(31,32)33)14-39(15-17)23-9-10-34-13-22(23)37-25-35-12-18-7-8-21(38-40(18)25)24-19(29)5-4-6-20(24)30/h4-10,12-13,16-17H,11,14-15H2,1-3H3,(H,35,37)(H,36,41)/t16-,17-/m0/s1. The number of pyridine rings is 1. The summed E-state index contributed by atoms with van der Waals surface area (Å²) in [5.41, 5.74) is 0.0845. The van der Waals surface area contributed by atoms with E-state index in [1.54, 1.807) is 32.9 Å². The van der Waals surface area contributed by atoms with Crippen molar-refractivity contribution in [2.24, 2.45) is 5.92 Å². The highest BCUT2D eigenvalue weighted by atomic mass is 19.4. The molecule has 0 spiro atoms. The molecule has 5 rings (SSSR count). The van der Waals surface area contributed by atoms with Crippen LogP contribution in [0.1, 0.15) is 27.2 Å². The number of hydrogen-bond acceptors (Lipinski definition) is 7. The molecule has 4 heterocycles. The zero-order valence-corrected chi connectivity index (χ0v) is 22.9. The number of carbonyl (C=O) groups is 1. The average molecular weight is 590 g/mol. The van der Waals surface area contributed by atoms with E-state index in [4.69, 9.17) is 4.74 Å². The van der Waals surface area contributed by atoms with Crippen molar-refractivity contribution in [2.75, 3.05) is 23.3 Å². The number of hydrogen-bond donors (Lipinski definition) is 2. The predicted octanol–water partition coefficient (Wildman–Crippen LogP) is 6.10. The van der Waals surface area contributed by atoms with Crippen LogP contribution in [-0.4, -0.2) is 56.6 Å². The molecule has 9 nitrogen and oxygen atoms in total. The lowest BCUT2D eigenvalue weighted by Crippen LogP contribution is -2.54. The smallest absolute Gasteiger partial charge is 0.407 e. The fraction of sp³-hybridized carbons (Fsp3) is 0.357. The van der Waals surface area contributed by atoms with E-state index in [9.17, 15) is 26.7 Å². The second kappa shape index (κ2) is 11.1. The first kappa shape index (κ1) is 29.0. The lowest BCUT2D eigenvalue weighted by Gasteiger charge is -2.40. The van der Waals surface area contributed by atoms with E-state index in [-0.39, 0.29) is 36.7 Å². The van der Waals surface area contributed by atoms with Crippen LogP contribution in [0.3, 0.4) is 0 Å². The number of halogens is 5. The van der Waals surface area contributed by atoms with Crippen LogP contribution in [0.5, 0.6) is 0 Å². The van der Waals surface area contributed by atoms with Crippen molar-refractivity contribution in [3.8, 4) is 11.3 Å². The highest BCUT2D eigenvalue weighted by molar-refractivity contribution is 5.74. The molecule has 2 atom stereocenters. The highest BCUT2D eigenvalue weighted by Gasteiger charge is 2.45. The fourth-order valence-corrected chi connectivity index (χ4v) is 4.84. The molecule has 0 aliphatic carbocycles. The molecule has 1 aliphatic heterocycles. The van der Waals surface area contributed by atoms with Crippen molar-refractivity contribution in [1.82, 2.24) is 24.9 Å². The molecule has 0 unspecified atom stereocenters. The van der Waals surface area contributed by atoms with Gasteiger partial charge in [-0.3, -0.25) is 4.98 Å². The summed E-state index contributed by atoms with van der Waals surface area (Å²) in [4.78, 5) is 22.3. The summed E-state index contributed by atoms with van der Waals surface area (Å²) < 4.78 is 77.3. The number of benzene rings is 1. The molecule has 222 valence electrons. The summed E-state index contributed by atoms with van der Waals surface area (Å²) in [6.07, 6.45) is -1.28. The zero-order chi connectivity index (χ0) is 30.2. The minimum absolute atomic E-state index is 0.0191. The molecule has 1 amide bonds. The van der Waals surface area contributed by atoms with Crippen molar-refractivity contribution in [3.63, 3.8) is 0 Å². The van der Waals surface area contributed by atoms with Gasteiger partial charge in [0.15, 0.2) is 0 Å². The van der Waals surface area contributed by atoms with E-state index < -0.39 is 41.5 Å². The molecule has 1 fully saturated rings. The minimum atomic E-state index is -4.51. The second-order valence-electron chi connectivity index (χ2n) is 11.0. The Balaban J connectivity index is 1.45. The van der Waals surface area contributed by atoms with Gasteiger partial charge in [-0.05, 0) is 57.5 Å². The van der Waals surface area contributed by atoms with Crippen molar-refractivity contribution in [3.05, 3.63) is 66.6 Å². The Kier molecular flexibility index (Phi) is 7.64. The highest BCUT2D eigenvalue weighted by Crippen LogP contribution is 2.37. The minimum Gasteiger partial charge on any atom is -0.444 e. The molecule has 4 aromatic rings. The number of amides is 1. The van der Waals surface area contributed by atoms with Crippen LogP contribution in [0.25, 0.3) is 16.8 Å². The number of aromatic nitrogens is 4. The third kappa shape index (κ3) is 6.37. The number of alkyl carbamates (subject to hydrolysis) is 1. The SMILES string of the molecule is CC(C)(C)OC(=O)N[C@H]1C[C@H](C(F)(F)F)CN(c2ccncc2Nc2ncc3ccc(-c4c(F)cccc4F)nn23)C1. The van der Waals surface area contributed by atoms with Crippen molar-refractivity contribution in [1.29, 1.82) is 0 Å². The van der Waals surface area contributed by atoms with E-state index in [0.717, 1.165) is 12.1 Å². The van der Waals surface area contributed by atoms with Crippen LogP contribution in [0.2, 0.25) is 0 Å². The number of rotatable bonds is 5. The van der Waals surface area contributed by atoms with Gasteiger partial charge < -0.3 is 20.3 Å². The number of alkyl halides is 3. The molecular weight excluding hydrogens is 561 g/mol. The molecule has 0 saturated carbocycles. The van der Waals surface area contributed by atoms with Gasteiger partial charge in [0.25, 0.3) is 0 Å². The number of imidazole rings is 1. The molecule has 1 aliphatic rings. The summed E-state index contributed by atoms with van der Waals surface area (Å²) >= 11 is 0. The first-order valence-electron chi connectivity index (χ1n) is 13.1. The number of nitrogens with one attached hydrogen (secondary N) is 2. The summed E-state index contributed by atoms with van der Waals surface area (Å²) in [6.45, 7) is 4.71. The van der Waals surface area contributed by atoms with Gasteiger partial charge in [-0.1, -0.05) is 6.07 Å². The van der Waals surface area contributed by atoms with Gasteiger partial charge in [-0.15, -0.1) is 0 Å². The van der Waals surface area contributed by atoms with Gasteiger partial charge in [0.2, 0.25) is 5.95 Å². The van der Waals surface area contributed by atoms with Gasteiger partial charge >= 0.3 is 12.3 Å². The van der Waals surface area contributed by atoms with Crippen LogP contribution in [0.4, 0.5) is 44.1 Å². The van der Waals surface area contributed by atoms with Crippen molar-refractivity contribution >= 4 is 28.9 Å². The van der Waals surface area contributed by atoms with Gasteiger partial charge in [-0.2, -0.15) is 22.8 Å². The number of ether oxygens (including phenoxy) is 1. The first-order chi connectivity index (χ1) is 19.8. The summed E-state index contributed by atoms with van der Waals surface area (Å²) in [5, 5.41) is 9.97. The molecule has 2 N–H and O–H groups in total. The van der Waals surface area contributed by atoms with Crippen LogP contribution in [0.15, 0.2) is 55.0 Å². The van der Waals surface area contributed by atoms with E-state index in [0.29, 0.717) is 16.9 Å². The monoisotopic (exact) mass is 589 g/mol. The van der Waals surface area contributed by atoms with E-state index in [1.165, 1.54) is 40.1 Å². The Labute approximate surface area is 237 Å². The maximum absolute atomic E-state index is 14.4. The number of piperidine rings is 1. The fourth-order valence-electron chi connectivity index (χ4n) is 4.84. The Morgan fingerprint density at radius 3 is 2.45 bits per heavy atom. The van der Waals surface area contributed by atoms with Crippen LogP contribution in [0, 0.1) is 17.6 Å². The quantitative estimate of drug-likeness (QED) is 0.272. The molecule has 14 heteroatoms. The molecule has 3 aromatic heterocycles. The lowest BCUT2D eigenvalue weighted by molar-refractivity contribution is -0.177. The molecule has 1 aromatic carbocycles. The van der Waals surface area contributed by atoms with Crippen LogP contribution >= 0.6 is 0 Å². The predicted molar refractivity (Wildman–Crippen MR) is 145 cm³/mol. The topological polar surface area (TPSA) is 96.7 Å². The van der Waals surface area contributed by atoms with Crippen molar-refractivity contribution < 1.29 is 31.5 Å². The maximum Gasteiger partial charge on any atom is 0.407 e. The van der Waals surface area contributed by atoms with E-state index in [1.807, 2.05) is 0 Å². The molecular formula is C28H28F5N7O2. The summed E-state index contributed by atoms with van der Waals surface area (Å²) in [7, 11) is 0. The number of fused-ring (bicyclic) bond motifs is 1. The molecule has 0 radical (unpaired) electrons. The number of nitrogens with zero attached hydrogens (tertiary/aromatic N) is 5. The Morgan fingerprint density at radius 2 is 1.76 bits per heavy atom. The van der Waals surface area contributed by atoms with Gasteiger partial charge in [0.05, 0.1) is 52.5 Å². The van der Waals surface area contributed by atoms with E-state index in [2.05, 4.69) is 25.7 Å². The van der Waals surface area contributed by atoms with E-state index >= 15 is 0 Å². The Hall–Kier alpha value is -4.49.